The van der Waals surface area contributed by atoms with Gasteiger partial charge in [-0.25, -0.2) is 8.78 Å². The summed E-state index contributed by atoms with van der Waals surface area (Å²) in [6.07, 6.45) is 0.531. The van der Waals surface area contributed by atoms with Crippen molar-refractivity contribution >= 4 is 11.6 Å². The Hall–Kier alpha value is -3.13. The van der Waals surface area contributed by atoms with Crippen LogP contribution in [0.25, 0.3) is 0 Å². The average Bonchev–Trinajstić information content (AvgIpc) is 3.01. The number of hydrogen-bond donors (Lipinski definition) is 1. The Bertz CT molecular complexity index is 895. The van der Waals surface area contributed by atoms with Crippen molar-refractivity contribution in [3.63, 3.8) is 0 Å². The molecule has 0 unspecified atom stereocenters. The minimum atomic E-state index is -0.753. The summed E-state index contributed by atoms with van der Waals surface area (Å²) in [6, 6.07) is 12.6. The van der Waals surface area contributed by atoms with E-state index in [9.17, 15) is 13.6 Å². The lowest BCUT2D eigenvalue weighted by molar-refractivity contribution is -0.117. The van der Waals surface area contributed by atoms with Crippen molar-refractivity contribution in [3.05, 3.63) is 77.4 Å². The molecule has 3 rings (SSSR count). The molecule has 6 nitrogen and oxygen atoms in total. The molecule has 1 N–H and O–H groups in total. The fourth-order valence-corrected chi connectivity index (χ4v) is 2.57. The molecule has 3 aromatic rings. The molecule has 140 valence electrons. The van der Waals surface area contributed by atoms with Crippen molar-refractivity contribution in [1.29, 1.82) is 0 Å². The number of amides is 1. The molecule has 2 aromatic carbocycles. The van der Waals surface area contributed by atoms with Crippen LogP contribution in [0.3, 0.4) is 0 Å². The smallest absolute Gasteiger partial charge is 0.238 e. The van der Waals surface area contributed by atoms with Crippen molar-refractivity contribution in [2.45, 2.75) is 13.0 Å². The molecular weight excluding hydrogens is 354 g/mol. The number of nitrogens with zero attached hydrogens (tertiary/aromatic N) is 3. The summed E-state index contributed by atoms with van der Waals surface area (Å²) in [5.41, 5.74) is 1.12. The Labute approximate surface area is 154 Å². The predicted molar refractivity (Wildman–Crippen MR) is 94.9 cm³/mol. The number of benzene rings is 2. The van der Waals surface area contributed by atoms with E-state index in [1.165, 1.54) is 0 Å². The molecular formula is C19H18F2N4O2. The highest BCUT2D eigenvalue weighted by atomic mass is 19.1. The number of hydrogen-bond acceptors (Lipinski definition) is 5. The van der Waals surface area contributed by atoms with Crippen LogP contribution < -0.4 is 5.32 Å². The van der Waals surface area contributed by atoms with Crippen LogP contribution in [0.4, 0.5) is 14.5 Å². The van der Waals surface area contributed by atoms with Crippen LogP contribution in [0, 0.1) is 11.6 Å². The second-order valence-corrected chi connectivity index (χ2v) is 6.15. The molecule has 0 atom stereocenters. The lowest BCUT2D eigenvalue weighted by atomic mass is 10.1. The zero-order chi connectivity index (χ0) is 19.2. The molecule has 0 aliphatic carbocycles. The molecule has 0 fully saturated rings. The number of rotatable bonds is 7. The molecule has 1 amide bonds. The number of halogens is 2. The largest absolute Gasteiger partial charge is 0.339 e. The first-order valence-electron chi connectivity index (χ1n) is 8.28. The summed E-state index contributed by atoms with van der Waals surface area (Å²) in [5.74, 6) is -0.972. The first-order valence-corrected chi connectivity index (χ1v) is 8.28. The van der Waals surface area contributed by atoms with Crippen LogP contribution in [0.1, 0.15) is 17.3 Å². The first-order chi connectivity index (χ1) is 13.0. The van der Waals surface area contributed by atoms with Crippen LogP contribution in [-0.2, 0) is 17.8 Å². The fourth-order valence-electron chi connectivity index (χ4n) is 2.57. The number of carbonyl (C=O) groups excluding carboxylic acids is 1. The quantitative estimate of drug-likeness (QED) is 0.690. The van der Waals surface area contributed by atoms with E-state index in [-0.39, 0.29) is 12.2 Å². The summed E-state index contributed by atoms with van der Waals surface area (Å²) >= 11 is 0. The van der Waals surface area contributed by atoms with E-state index in [4.69, 9.17) is 4.52 Å². The van der Waals surface area contributed by atoms with Gasteiger partial charge in [0.05, 0.1) is 19.5 Å². The summed E-state index contributed by atoms with van der Waals surface area (Å²) in [7, 11) is 1.71. The Morgan fingerprint density at radius 2 is 1.85 bits per heavy atom. The van der Waals surface area contributed by atoms with Gasteiger partial charge in [-0.1, -0.05) is 35.5 Å². The first kappa shape index (κ1) is 18.7. The summed E-state index contributed by atoms with van der Waals surface area (Å²) in [5, 5.41) is 6.36. The molecule has 1 heterocycles. The van der Waals surface area contributed by atoms with E-state index in [1.807, 2.05) is 30.3 Å². The highest BCUT2D eigenvalue weighted by Gasteiger charge is 2.13. The van der Waals surface area contributed by atoms with Gasteiger partial charge in [0.1, 0.15) is 11.6 Å². The van der Waals surface area contributed by atoms with Gasteiger partial charge in [-0.3, -0.25) is 9.69 Å². The summed E-state index contributed by atoms with van der Waals surface area (Å²) < 4.78 is 31.5. The van der Waals surface area contributed by atoms with Gasteiger partial charge in [-0.2, -0.15) is 4.98 Å². The van der Waals surface area contributed by atoms with Crippen LogP contribution in [0.5, 0.6) is 0 Å². The molecule has 0 radical (unpaired) electrons. The number of carbonyl (C=O) groups is 1. The summed E-state index contributed by atoms with van der Waals surface area (Å²) in [4.78, 5) is 18.0. The van der Waals surface area contributed by atoms with Crippen LogP contribution >= 0.6 is 0 Å². The maximum absolute atomic E-state index is 13.2. The number of aromatic nitrogens is 2. The lowest BCUT2D eigenvalue weighted by Crippen LogP contribution is -2.30. The second-order valence-electron chi connectivity index (χ2n) is 6.15. The maximum atomic E-state index is 13.2. The Kier molecular flexibility index (Phi) is 5.87. The van der Waals surface area contributed by atoms with Crippen molar-refractivity contribution in [1.82, 2.24) is 15.0 Å². The standard InChI is InChI=1S/C19H18F2N4O2/c1-25(12-18(26)22-16-9-14(20)8-15(21)10-16)11-17-23-19(27-24-17)7-13-5-3-2-4-6-13/h2-6,8-10H,7,11-12H2,1H3,(H,22,26). The van der Waals surface area contributed by atoms with Gasteiger partial charge < -0.3 is 9.84 Å². The maximum Gasteiger partial charge on any atom is 0.238 e. The summed E-state index contributed by atoms with van der Waals surface area (Å²) in [6.45, 7) is 0.296. The third-order valence-corrected chi connectivity index (χ3v) is 3.68. The number of likely N-dealkylation sites (N-methyl/N-ethyl adjacent to an activating group) is 1. The molecule has 0 aliphatic heterocycles. The van der Waals surface area contributed by atoms with Gasteiger partial charge in [-0.15, -0.1) is 0 Å². The normalized spacial score (nSPS) is 11.0. The van der Waals surface area contributed by atoms with E-state index in [0.717, 1.165) is 23.8 Å². The van der Waals surface area contributed by atoms with Crippen LogP contribution in [-0.4, -0.2) is 34.5 Å². The minimum absolute atomic E-state index is 0.000685. The van der Waals surface area contributed by atoms with E-state index in [0.29, 0.717) is 24.7 Å². The number of anilines is 1. The van der Waals surface area contributed by atoms with E-state index in [2.05, 4.69) is 15.5 Å². The molecule has 1 aromatic heterocycles. The van der Waals surface area contributed by atoms with E-state index >= 15 is 0 Å². The topological polar surface area (TPSA) is 71.3 Å². The van der Waals surface area contributed by atoms with Gasteiger partial charge in [0.2, 0.25) is 11.8 Å². The van der Waals surface area contributed by atoms with Crippen molar-refractivity contribution in [3.8, 4) is 0 Å². The predicted octanol–water partition coefficient (Wildman–Crippen LogP) is 3.01. The van der Waals surface area contributed by atoms with E-state index in [1.54, 1.807) is 11.9 Å². The van der Waals surface area contributed by atoms with E-state index < -0.39 is 17.5 Å². The average molecular weight is 372 g/mol. The second kappa shape index (κ2) is 8.50. The van der Waals surface area contributed by atoms with Crippen molar-refractivity contribution in [2.24, 2.45) is 0 Å². The molecule has 27 heavy (non-hydrogen) atoms. The van der Waals surface area contributed by atoms with Gasteiger partial charge in [0, 0.05) is 11.8 Å². The molecule has 0 saturated carbocycles. The molecule has 0 bridgehead atoms. The van der Waals surface area contributed by atoms with Gasteiger partial charge in [-0.05, 0) is 24.7 Å². The van der Waals surface area contributed by atoms with Crippen LogP contribution in [0.15, 0.2) is 53.1 Å². The zero-order valence-corrected chi connectivity index (χ0v) is 14.7. The molecule has 0 aliphatic rings. The fraction of sp³-hybridized carbons (Fsp3) is 0.211. The third kappa shape index (κ3) is 5.68. The molecule has 0 saturated heterocycles. The minimum Gasteiger partial charge on any atom is -0.339 e. The number of nitrogens with one attached hydrogen (secondary N) is 1. The Morgan fingerprint density at radius 3 is 2.56 bits per heavy atom. The highest BCUT2D eigenvalue weighted by molar-refractivity contribution is 5.92. The molecule has 8 heteroatoms. The lowest BCUT2D eigenvalue weighted by Gasteiger charge is -2.14. The third-order valence-electron chi connectivity index (χ3n) is 3.68. The Balaban J connectivity index is 1.51. The van der Waals surface area contributed by atoms with Crippen molar-refractivity contribution < 1.29 is 18.1 Å². The molecule has 0 spiro atoms. The monoisotopic (exact) mass is 372 g/mol. The van der Waals surface area contributed by atoms with Crippen LogP contribution in [0.2, 0.25) is 0 Å². The highest BCUT2D eigenvalue weighted by Crippen LogP contribution is 2.13. The Morgan fingerprint density at radius 1 is 1.15 bits per heavy atom. The van der Waals surface area contributed by atoms with Gasteiger partial charge in [0.25, 0.3) is 0 Å². The van der Waals surface area contributed by atoms with Gasteiger partial charge >= 0.3 is 0 Å². The van der Waals surface area contributed by atoms with Crippen molar-refractivity contribution in [2.75, 3.05) is 18.9 Å². The zero-order valence-electron chi connectivity index (χ0n) is 14.7. The SMILES string of the molecule is CN(CC(=O)Nc1cc(F)cc(F)c1)Cc1noc(Cc2ccccc2)n1. The van der Waals surface area contributed by atoms with Gasteiger partial charge in [0.15, 0.2) is 5.82 Å².